The van der Waals surface area contributed by atoms with Gasteiger partial charge in [0.1, 0.15) is 6.07 Å². The molecule has 0 bridgehead atoms. The summed E-state index contributed by atoms with van der Waals surface area (Å²) in [6, 6.07) is 17.4. The Morgan fingerprint density at radius 2 is 1.80 bits per heavy atom. The summed E-state index contributed by atoms with van der Waals surface area (Å²) in [5.41, 5.74) is 2.01. The molecule has 1 N–H and O–H groups in total. The van der Waals surface area contributed by atoms with Crippen LogP contribution in [0.5, 0.6) is 0 Å². The summed E-state index contributed by atoms with van der Waals surface area (Å²) in [6.07, 6.45) is 1.58. The first-order chi connectivity index (χ1) is 9.70. The summed E-state index contributed by atoms with van der Waals surface area (Å²) in [5.74, 6) is 0. The summed E-state index contributed by atoms with van der Waals surface area (Å²) in [7, 11) is 0. The fraction of sp³-hybridized carbons (Fsp3) is 0. The second-order valence-electron chi connectivity index (χ2n) is 3.98. The third-order valence-corrected chi connectivity index (χ3v) is 2.67. The van der Waals surface area contributed by atoms with Gasteiger partial charge in [0.2, 0.25) is 0 Å². The maximum atomic E-state index is 10.5. The van der Waals surface area contributed by atoms with Crippen LogP contribution in [0.4, 0.5) is 11.4 Å². The lowest BCUT2D eigenvalue weighted by Gasteiger charge is -2.02. The number of nitrogens with zero attached hydrogens (tertiary/aromatic N) is 2. The zero-order valence-corrected chi connectivity index (χ0v) is 10.5. The van der Waals surface area contributed by atoms with Crippen molar-refractivity contribution in [3.63, 3.8) is 0 Å². The molecule has 0 amide bonds. The van der Waals surface area contributed by atoms with E-state index in [1.54, 1.807) is 18.3 Å². The second-order valence-corrected chi connectivity index (χ2v) is 3.98. The van der Waals surface area contributed by atoms with Crippen LogP contribution in [0, 0.1) is 21.4 Å². The number of rotatable bonds is 4. The first kappa shape index (κ1) is 13.3. The predicted molar refractivity (Wildman–Crippen MR) is 76.8 cm³/mol. The summed E-state index contributed by atoms with van der Waals surface area (Å²) in [5, 5.41) is 22.6. The van der Waals surface area contributed by atoms with E-state index in [1.165, 1.54) is 12.1 Å². The molecule has 0 heterocycles. The highest BCUT2D eigenvalue weighted by Gasteiger charge is 2.03. The molecular formula is C15H11N3O2. The van der Waals surface area contributed by atoms with Crippen molar-refractivity contribution in [3.8, 4) is 6.07 Å². The minimum Gasteiger partial charge on any atom is -0.360 e. The van der Waals surface area contributed by atoms with Crippen LogP contribution in [0.3, 0.4) is 0 Å². The minimum atomic E-state index is -0.454. The summed E-state index contributed by atoms with van der Waals surface area (Å²) in [6.45, 7) is 0. The molecule has 0 atom stereocenters. The third kappa shape index (κ3) is 3.21. The number of nitrogens with one attached hydrogen (secondary N) is 1. The molecule has 0 aliphatic carbocycles. The largest absolute Gasteiger partial charge is 0.360 e. The molecule has 2 rings (SSSR count). The Bertz CT molecular complexity index is 671. The quantitative estimate of drug-likeness (QED) is 0.520. The SMILES string of the molecule is N#C/C(=C\Nc1ccc([N+](=O)[O-])cc1)c1ccccc1. The number of nitriles is 1. The molecule has 0 saturated carbocycles. The maximum absolute atomic E-state index is 10.5. The highest BCUT2D eigenvalue weighted by molar-refractivity contribution is 5.78. The van der Waals surface area contributed by atoms with Crippen LogP contribution < -0.4 is 5.32 Å². The van der Waals surface area contributed by atoms with Crippen molar-refractivity contribution in [2.75, 3.05) is 5.32 Å². The van der Waals surface area contributed by atoms with E-state index in [9.17, 15) is 10.1 Å². The molecule has 0 aliphatic heterocycles. The molecule has 5 nitrogen and oxygen atoms in total. The highest BCUT2D eigenvalue weighted by atomic mass is 16.6. The van der Waals surface area contributed by atoms with Crippen molar-refractivity contribution in [1.29, 1.82) is 5.26 Å². The second kappa shape index (κ2) is 6.16. The number of allylic oxidation sites excluding steroid dienone is 1. The molecule has 0 saturated heterocycles. The van der Waals surface area contributed by atoms with Gasteiger partial charge in [0.05, 0.1) is 10.5 Å². The van der Waals surface area contributed by atoms with Crippen molar-refractivity contribution < 1.29 is 4.92 Å². The Kier molecular flexibility index (Phi) is 4.10. The summed E-state index contributed by atoms with van der Waals surface area (Å²) >= 11 is 0. The normalized spacial score (nSPS) is 10.7. The number of hydrogen-bond donors (Lipinski definition) is 1. The molecule has 0 aromatic heterocycles. The lowest BCUT2D eigenvalue weighted by molar-refractivity contribution is -0.384. The molecular weight excluding hydrogens is 254 g/mol. The molecule has 2 aromatic carbocycles. The molecule has 0 unspecified atom stereocenters. The van der Waals surface area contributed by atoms with E-state index in [4.69, 9.17) is 5.26 Å². The van der Waals surface area contributed by atoms with Gasteiger partial charge in [0.25, 0.3) is 5.69 Å². The van der Waals surface area contributed by atoms with Gasteiger partial charge in [-0.3, -0.25) is 10.1 Å². The predicted octanol–water partition coefficient (Wildman–Crippen LogP) is 3.57. The topological polar surface area (TPSA) is 79.0 Å². The Labute approximate surface area is 115 Å². The average molecular weight is 265 g/mol. The van der Waals surface area contributed by atoms with E-state index in [0.717, 1.165) is 5.56 Å². The van der Waals surface area contributed by atoms with Crippen molar-refractivity contribution in [2.45, 2.75) is 0 Å². The van der Waals surface area contributed by atoms with Gasteiger partial charge in [0.15, 0.2) is 0 Å². The Morgan fingerprint density at radius 1 is 1.15 bits per heavy atom. The summed E-state index contributed by atoms with van der Waals surface area (Å²) < 4.78 is 0. The van der Waals surface area contributed by atoms with Crippen molar-refractivity contribution in [3.05, 3.63) is 76.5 Å². The number of non-ortho nitro benzene ring substituents is 1. The zero-order chi connectivity index (χ0) is 14.4. The van der Waals surface area contributed by atoms with E-state index in [2.05, 4.69) is 11.4 Å². The first-order valence-electron chi connectivity index (χ1n) is 5.87. The fourth-order valence-corrected chi connectivity index (χ4v) is 1.63. The standard InChI is InChI=1S/C15H11N3O2/c16-10-13(12-4-2-1-3-5-12)11-17-14-6-8-15(9-7-14)18(19)20/h1-9,11,17H/b13-11+. The monoisotopic (exact) mass is 265 g/mol. The molecule has 0 fully saturated rings. The number of nitro groups is 1. The molecule has 0 aliphatic rings. The van der Waals surface area contributed by atoms with Gasteiger partial charge in [-0.1, -0.05) is 30.3 Å². The number of benzene rings is 2. The van der Waals surface area contributed by atoms with Crippen molar-refractivity contribution >= 4 is 16.9 Å². The Hall–Kier alpha value is -3.13. The van der Waals surface area contributed by atoms with Crippen LogP contribution in [0.25, 0.3) is 5.57 Å². The van der Waals surface area contributed by atoms with E-state index in [1.807, 2.05) is 30.3 Å². The smallest absolute Gasteiger partial charge is 0.269 e. The van der Waals surface area contributed by atoms with Gasteiger partial charge >= 0.3 is 0 Å². The third-order valence-electron chi connectivity index (χ3n) is 2.67. The van der Waals surface area contributed by atoms with Crippen LogP contribution >= 0.6 is 0 Å². The van der Waals surface area contributed by atoms with Gasteiger partial charge in [-0.15, -0.1) is 0 Å². The van der Waals surface area contributed by atoms with E-state index in [0.29, 0.717) is 11.3 Å². The van der Waals surface area contributed by atoms with Gasteiger partial charge < -0.3 is 5.32 Å². The molecule has 98 valence electrons. The van der Waals surface area contributed by atoms with E-state index in [-0.39, 0.29) is 5.69 Å². The molecule has 2 aromatic rings. The van der Waals surface area contributed by atoms with Crippen molar-refractivity contribution in [1.82, 2.24) is 0 Å². The van der Waals surface area contributed by atoms with Crippen LogP contribution in [0.15, 0.2) is 60.8 Å². The van der Waals surface area contributed by atoms with Crippen LogP contribution in [0.2, 0.25) is 0 Å². The highest BCUT2D eigenvalue weighted by Crippen LogP contribution is 2.17. The lowest BCUT2D eigenvalue weighted by atomic mass is 10.1. The number of anilines is 1. The van der Waals surface area contributed by atoms with Crippen LogP contribution in [-0.4, -0.2) is 4.92 Å². The first-order valence-corrected chi connectivity index (χ1v) is 5.87. The Morgan fingerprint density at radius 3 is 2.35 bits per heavy atom. The van der Waals surface area contributed by atoms with Gasteiger partial charge in [-0.2, -0.15) is 5.26 Å². The zero-order valence-electron chi connectivity index (χ0n) is 10.5. The fourth-order valence-electron chi connectivity index (χ4n) is 1.63. The number of hydrogen-bond acceptors (Lipinski definition) is 4. The average Bonchev–Trinajstić information content (AvgIpc) is 2.49. The molecule has 20 heavy (non-hydrogen) atoms. The molecule has 0 spiro atoms. The van der Waals surface area contributed by atoms with Crippen molar-refractivity contribution in [2.24, 2.45) is 0 Å². The van der Waals surface area contributed by atoms with E-state index >= 15 is 0 Å². The minimum absolute atomic E-state index is 0.0306. The van der Waals surface area contributed by atoms with E-state index < -0.39 is 4.92 Å². The molecule has 0 radical (unpaired) electrons. The van der Waals surface area contributed by atoms with Crippen LogP contribution in [0.1, 0.15) is 5.56 Å². The van der Waals surface area contributed by atoms with Gasteiger partial charge in [-0.05, 0) is 17.7 Å². The number of nitro benzene ring substituents is 1. The lowest BCUT2D eigenvalue weighted by Crippen LogP contribution is -1.92. The molecule has 5 heteroatoms. The van der Waals surface area contributed by atoms with Crippen LogP contribution in [-0.2, 0) is 0 Å². The van der Waals surface area contributed by atoms with Gasteiger partial charge in [-0.25, -0.2) is 0 Å². The van der Waals surface area contributed by atoms with Gasteiger partial charge in [0, 0.05) is 24.0 Å². The Balaban J connectivity index is 2.15. The summed E-state index contributed by atoms with van der Waals surface area (Å²) in [4.78, 5) is 10.1. The maximum Gasteiger partial charge on any atom is 0.269 e.